The zero-order chi connectivity index (χ0) is 7.94. The van der Waals surface area contributed by atoms with Crippen LogP contribution in [0.3, 0.4) is 0 Å². The van der Waals surface area contributed by atoms with Gasteiger partial charge in [0.05, 0.1) is 0 Å². The van der Waals surface area contributed by atoms with Gasteiger partial charge in [-0.3, -0.25) is 0 Å². The molecule has 0 aromatic carbocycles. The van der Waals surface area contributed by atoms with Crippen molar-refractivity contribution in [1.29, 1.82) is 0 Å². The van der Waals surface area contributed by atoms with E-state index in [0.29, 0.717) is 0 Å². The summed E-state index contributed by atoms with van der Waals surface area (Å²) in [6, 6.07) is 2.06. The molecule has 0 aliphatic carbocycles. The third-order valence-electron chi connectivity index (χ3n) is 1.48. The van der Waals surface area contributed by atoms with Crippen molar-refractivity contribution in [2.45, 2.75) is 13.0 Å². The number of aromatic amines is 1. The molecule has 2 nitrogen and oxygen atoms in total. The summed E-state index contributed by atoms with van der Waals surface area (Å²) in [5.74, 6) is 0.736. The normalized spacial score (nSPS) is 10.3. The summed E-state index contributed by atoms with van der Waals surface area (Å²) < 4.78 is 0. The molecule has 0 aliphatic rings. The van der Waals surface area contributed by atoms with E-state index in [4.69, 9.17) is 11.6 Å². The summed E-state index contributed by atoms with van der Waals surface area (Å²) in [4.78, 5) is 3.00. The Morgan fingerprint density at radius 2 is 2.45 bits per heavy atom. The molecule has 1 heterocycles. The number of hydrogen-bond acceptors (Lipinski definition) is 1. The number of aromatic nitrogens is 1. The number of hydrogen-bond donors (Lipinski definition) is 2. The summed E-state index contributed by atoms with van der Waals surface area (Å²) in [6.07, 6.45) is 4.96. The molecule has 0 aliphatic heterocycles. The number of nitrogens with one attached hydrogen (secondary N) is 2. The monoisotopic (exact) mass is 172 g/mol. The minimum absolute atomic E-state index is 0.736. The Bertz CT molecular complexity index is 172. The van der Waals surface area contributed by atoms with Crippen molar-refractivity contribution >= 4 is 11.6 Å². The molecule has 0 unspecified atom stereocenters. The molecule has 0 spiro atoms. The first kappa shape index (κ1) is 8.62. The van der Waals surface area contributed by atoms with E-state index >= 15 is 0 Å². The van der Waals surface area contributed by atoms with Crippen LogP contribution >= 0.6 is 11.6 Å². The highest BCUT2D eigenvalue weighted by atomic mass is 35.5. The van der Waals surface area contributed by atoms with Gasteiger partial charge in [0.2, 0.25) is 0 Å². The van der Waals surface area contributed by atoms with E-state index < -0.39 is 0 Å². The third-order valence-corrected chi connectivity index (χ3v) is 1.75. The van der Waals surface area contributed by atoms with Crippen LogP contribution in [-0.2, 0) is 6.54 Å². The summed E-state index contributed by atoms with van der Waals surface area (Å²) >= 11 is 5.52. The van der Waals surface area contributed by atoms with Crippen molar-refractivity contribution in [3.05, 3.63) is 24.0 Å². The quantitative estimate of drug-likeness (QED) is 0.514. The lowest BCUT2D eigenvalue weighted by Gasteiger charge is -1.99. The van der Waals surface area contributed by atoms with Gasteiger partial charge in [0.25, 0.3) is 0 Å². The minimum Gasteiger partial charge on any atom is -0.367 e. The lowest BCUT2D eigenvalue weighted by atomic mass is 10.3. The van der Waals surface area contributed by atoms with Crippen LogP contribution in [0.5, 0.6) is 0 Å². The Kier molecular flexibility index (Phi) is 4.09. The Morgan fingerprint density at radius 1 is 1.55 bits per heavy atom. The van der Waals surface area contributed by atoms with Gasteiger partial charge >= 0.3 is 0 Å². The highest BCUT2D eigenvalue weighted by Gasteiger charge is 1.90. The lowest BCUT2D eigenvalue weighted by molar-refractivity contribution is 0.678. The van der Waals surface area contributed by atoms with Gasteiger partial charge in [-0.05, 0) is 24.6 Å². The standard InChI is InChI=1S/C8H13ClN2/c9-3-1-4-10-6-8-2-5-11-7-8/h2,5,7,10-11H,1,3-4,6H2. The largest absolute Gasteiger partial charge is 0.367 e. The van der Waals surface area contributed by atoms with E-state index in [1.807, 2.05) is 12.4 Å². The zero-order valence-corrected chi connectivity index (χ0v) is 7.19. The number of H-pyrrole nitrogens is 1. The van der Waals surface area contributed by atoms with E-state index in [9.17, 15) is 0 Å². The Balaban J connectivity index is 2.04. The molecule has 0 amide bonds. The van der Waals surface area contributed by atoms with Crippen molar-refractivity contribution in [2.75, 3.05) is 12.4 Å². The maximum absolute atomic E-state index is 5.52. The Morgan fingerprint density at radius 3 is 3.09 bits per heavy atom. The third kappa shape index (κ3) is 3.44. The smallest absolute Gasteiger partial charge is 0.0235 e. The Labute approximate surface area is 72.0 Å². The molecule has 0 bridgehead atoms. The molecule has 0 saturated heterocycles. The van der Waals surface area contributed by atoms with Crippen LogP contribution in [0.4, 0.5) is 0 Å². The van der Waals surface area contributed by atoms with Crippen molar-refractivity contribution in [3.63, 3.8) is 0 Å². The van der Waals surface area contributed by atoms with Crippen molar-refractivity contribution in [3.8, 4) is 0 Å². The first-order chi connectivity index (χ1) is 5.43. The minimum atomic E-state index is 0.736. The highest BCUT2D eigenvalue weighted by Crippen LogP contribution is 1.94. The fraction of sp³-hybridized carbons (Fsp3) is 0.500. The van der Waals surface area contributed by atoms with E-state index in [1.165, 1.54) is 5.56 Å². The maximum atomic E-state index is 5.52. The van der Waals surface area contributed by atoms with Crippen LogP contribution in [0.2, 0.25) is 0 Å². The molecule has 3 heteroatoms. The van der Waals surface area contributed by atoms with Gasteiger partial charge in [-0.25, -0.2) is 0 Å². The molecule has 1 aromatic heterocycles. The molecule has 62 valence electrons. The molecular formula is C8H13ClN2. The Hall–Kier alpha value is -0.470. The second kappa shape index (κ2) is 5.22. The van der Waals surface area contributed by atoms with Gasteiger partial charge in [-0.1, -0.05) is 0 Å². The first-order valence-electron chi connectivity index (χ1n) is 3.82. The van der Waals surface area contributed by atoms with Crippen LogP contribution in [0.25, 0.3) is 0 Å². The second-order valence-corrected chi connectivity index (χ2v) is 2.82. The average molecular weight is 173 g/mol. The van der Waals surface area contributed by atoms with E-state index in [2.05, 4.69) is 16.4 Å². The molecular weight excluding hydrogens is 160 g/mol. The highest BCUT2D eigenvalue weighted by molar-refractivity contribution is 6.17. The molecule has 0 radical (unpaired) electrons. The van der Waals surface area contributed by atoms with Gasteiger partial charge in [0.1, 0.15) is 0 Å². The molecule has 1 aromatic rings. The number of alkyl halides is 1. The second-order valence-electron chi connectivity index (χ2n) is 2.44. The molecule has 0 fully saturated rings. The summed E-state index contributed by atoms with van der Waals surface area (Å²) in [7, 11) is 0. The SMILES string of the molecule is ClCCCNCc1cc[nH]c1. The first-order valence-corrected chi connectivity index (χ1v) is 4.35. The summed E-state index contributed by atoms with van der Waals surface area (Å²) in [6.45, 7) is 1.93. The van der Waals surface area contributed by atoms with Crippen LogP contribution < -0.4 is 5.32 Å². The van der Waals surface area contributed by atoms with Gasteiger partial charge in [-0.15, -0.1) is 11.6 Å². The molecule has 11 heavy (non-hydrogen) atoms. The summed E-state index contributed by atoms with van der Waals surface area (Å²) in [5, 5.41) is 3.28. The van der Waals surface area contributed by atoms with Crippen molar-refractivity contribution in [1.82, 2.24) is 10.3 Å². The lowest BCUT2D eigenvalue weighted by Crippen LogP contribution is -2.14. The maximum Gasteiger partial charge on any atom is 0.0235 e. The average Bonchev–Trinajstić information content (AvgIpc) is 2.50. The molecule has 2 N–H and O–H groups in total. The molecule has 1 rings (SSSR count). The summed E-state index contributed by atoms with van der Waals surface area (Å²) in [5.41, 5.74) is 1.29. The van der Waals surface area contributed by atoms with Crippen molar-refractivity contribution in [2.24, 2.45) is 0 Å². The van der Waals surface area contributed by atoms with Crippen molar-refractivity contribution < 1.29 is 0 Å². The van der Waals surface area contributed by atoms with Crippen LogP contribution in [0.15, 0.2) is 18.5 Å². The zero-order valence-electron chi connectivity index (χ0n) is 6.44. The fourth-order valence-electron chi connectivity index (χ4n) is 0.893. The van der Waals surface area contributed by atoms with Crippen LogP contribution in [-0.4, -0.2) is 17.4 Å². The van der Waals surface area contributed by atoms with E-state index in [1.54, 1.807) is 0 Å². The van der Waals surface area contributed by atoms with Gasteiger partial charge in [0.15, 0.2) is 0 Å². The van der Waals surface area contributed by atoms with E-state index in [0.717, 1.165) is 25.4 Å². The van der Waals surface area contributed by atoms with Gasteiger partial charge in [0, 0.05) is 24.8 Å². The molecule has 0 saturated carbocycles. The fourth-order valence-corrected chi connectivity index (χ4v) is 1.03. The van der Waals surface area contributed by atoms with Crippen LogP contribution in [0, 0.1) is 0 Å². The number of halogens is 1. The predicted octanol–water partition coefficient (Wildman–Crippen LogP) is 1.73. The topological polar surface area (TPSA) is 27.8 Å². The predicted molar refractivity (Wildman–Crippen MR) is 47.8 cm³/mol. The molecule has 0 atom stereocenters. The van der Waals surface area contributed by atoms with Crippen LogP contribution in [0.1, 0.15) is 12.0 Å². The van der Waals surface area contributed by atoms with Gasteiger partial charge in [-0.2, -0.15) is 0 Å². The van der Waals surface area contributed by atoms with Gasteiger partial charge < -0.3 is 10.3 Å². The van der Waals surface area contributed by atoms with E-state index in [-0.39, 0.29) is 0 Å². The number of rotatable bonds is 5.